The molecular formula is C24H32N4O3S. The number of carbonyl (C=O) groups excluding carboxylic acids is 1. The molecule has 1 atom stereocenters. The molecule has 1 N–H and O–H groups in total. The Bertz CT molecular complexity index is 953. The van der Waals surface area contributed by atoms with Gasteiger partial charge in [-0.1, -0.05) is 63.2 Å². The maximum atomic E-state index is 13.0. The second-order valence-electron chi connectivity index (χ2n) is 7.59. The number of nitrogens with zero attached hydrogens (tertiary/aromatic N) is 3. The van der Waals surface area contributed by atoms with Crippen molar-refractivity contribution < 1.29 is 14.3 Å². The molecule has 3 rings (SSSR count). The topological polar surface area (TPSA) is 78.3 Å². The monoisotopic (exact) mass is 456 g/mol. The third-order valence-electron chi connectivity index (χ3n) is 5.08. The van der Waals surface area contributed by atoms with E-state index in [0.29, 0.717) is 29.0 Å². The second kappa shape index (κ2) is 11.8. The predicted octanol–water partition coefficient (Wildman–Crippen LogP) is 5.37. The number of aromatic nitrogens is 3. The average Bonchev–Trinajstić information content (AvgIpc) is 3.19. The number of allylic oxidation sites excluding steroid dienone is 1. The van der Waals surface area contributed by atoms with Crippen LogP contribution in [-0.4, -0.2) is 39.7 Å². The number of nitrogens with one attached hydrogen (secondary N) is 1. The van der Waals surface area contributed by atoms with E-state index in [4.69, 9.17) is 14.6 Å². The van der Waals surface area contributed by atoms with E-state index < -0.39 is 12.0 Å². The molecule has 0 saturated carbocycles. The summed E-state index contributed by atoms with van der Waals surface area (Å²) >= 11 is 1.62. The highest BCUT2D eigenvalue weighted by atomic mass is 32.2. The van der Waals surface area contributed by atoms with Gasteiger partial charge < -0.3 is 14.8 Å². The Labute approximate surface area is 194 Å². The molecule has 1 aliphatic rings. The molecule has 1 aromatic carbocycles. The van der Waals surface area contributed by atoms with Crippen molar-refractivity contribution in [1.29, 1.82) is 0 Å². The molecular weight excluding hydrogens is 424 g/mol. The number of esters is 1. The van der Waals surface area contributed by atoms with Gasteiger partial charge in [0, 0.05) is 11.4 Å². The van der Waals surface area contributed by atoms with Gasteiger partial charge in [-0.3, -0.25) is 0 Å². The minimum atomic E-state index is -0.443. The quantitative estimate of drug-likeness (QED) is 0.199. The Hall–Kier alpha value is -2.74. The molecule has 8 heteroatoms. The third-order valence-corrected chi connectivity index (χ3v) is 6.00. The highest BCUT2D eigenvalue weighted by molar-refractivity contribution is 7.99. The minimum absolute atomic E-state index is 0.148. The first-order chi connectivity index (χ1) is 15.6. The Kier molecular flexibility index (Phi) is 8.79. The van der Waals surface area contributed by atoms with Gasteiger partial charge in [-0.25, -0.2) is 9.48 Å². The molecule has 0 amide bonds. The molecule has 0 fully saturated rings. The number of hydrogen-bond donors (Lipinski definition) is 1. The normalized spacial score (nSPS) is 15.2. The molecule has 0 aliphatic carbocycles. The second-order valence-corrected chi connectivity index (χ2v) is 8.65. The lowest BCUT2D eigenvalue weighted by Gasteiger charge is -2.28. The smallest absolute Gasteiger partial charge is 0.338 e. The molecule has 0 bridgehead atoms. The Morgan fingerprint density at radius 3 is 2.69 bits per heavy atom. The number of fused-ring (bicyclic) bond motifs is 1. The summed E-state index contributed by atoms with van der Waals surface area (Å²) in [6.45, 7) is 10.6. The largest absolute Gasteiger partial charge is 0.494 e. The van der Waals surface area contributed by atoms with Crippen LogP contribution < -0.4 is 10.1 Å². The van der Waals surface area contributed by atoms with Gasteiger partial charge in [0.2, 0.25) is 11.1 Å². The van der Waals surface area contributed by atoms with Crippen LogP contribution in [0.15, 0.2) is 53.3 Å². The first kappa shape index (κ1) is 23.9. The lowest BCUT2D eigenvalue weighted by atomic mass is 9.96. The standard InChI is InChI=1S/C24H32N4O3S/c1-5-8-15-30-19-12-10-18(11-13-19)21-20(22(29)31-14-7-3)17(4)25-23-26-24(27-28(21)23)32-16-9-6-2/h7,10-13,21H,3,5-6,8-9,14-16H2,1-2,4H3,(H,25,26,27). The maximum Gasteiger partial charge on any atom is 0.338 e. The fraction of sp³-hybridized carbons (Fsp3) is 0.458. The SMILES string of the molecule is C=CCOC(=O)C1=C(C)Nc2nc(SCCCC)nn2C1c1ccc(OCCCC)cc1. The van der Waals surface area contributed by atoms with Gasteiger partial charge in [-0.05, 0) is 37.5 Å². The molecule has 1 aliphatic heterocycles. The molecule has 1 unspecified atom stereocenters. The van der Waals surface area contributed by atoms with Crippen molar-refractivity contribution in [2.75, 3.05) is 24.3 Å². The number of rotatable bonds is 12. The molecule has 2 aromatic rings. The molecule has 7 nitrogen and oxygen atoms in total. The summed E-state index contributed by atoms with van der Waals surface area (Å²) in [6, 6.07) is 7.37. The van der Waals surface area contributed by atoms with Crippen molar-refractivity contribution in [3.63, 3.8) is 0 Å². The van der Waals surface area contributed by atoms with Crippen LogP contribution in [0.25, 0.3) is 0 Å². The van der Waals surface area contributed by atoms with Crippen molar-refractivity contribution >= 4 is 23.7 Å². The molecule has 172 valence electrons. The Balaban J connectivity index is 1.94. The number of anilines is 1. The lowest BCUT2D eigenvalue weighted by Crippen LogP contribution is -2.29. The highest BCUT2D eigenvalue weighted by Crippen LogP contribution is 2.37. The van der Waals surface area contributed by atoms with Crippen molar-refractivity contribution in [1.82, 2.24) is 14.8 Å². The number of hydrogen-bond acceptors (Lipinski definition) is 7. The number of unbranched alkanes of at least 4 members (excludes halogenated alkanes) is 2. The molecule has 2 heterocycles. The van der Waals surface area contributed by atoms with Crippen LogP contribution >= 0.6 is 11.8 Å². The van der Waals surface area contributed by atoms with E-state index in [0.717, 1.165) is 42.7 Å². The van der Waals surface area contributed by atoms with Crippen LogP contribution in [0.4, 0.5) is 5.95 Å². The van der Waals surface area contributed by atoms with E-state index in [9.17, 15) is 4.79 Å². The zero-order chi connectivity index (χ0) is 22.9. The molecule has 1 aromatic heterocycles. The number of ether oxygens (including phenoxy) is 2. The summed E-state index contributed by atoms with van der Waals surface area (Å²) in [5.74, 6) is 1.98. The highest BCUT2D eigenvalue weighted by Gasteiger charge is 2.35. The van der Waals surface area contributed by atoms with Crippen molar-refractivity contribution in [3.05, 3.63) is 53.8 Å². The van der Waals surface area contributed by atoms with Crippen LogP contribution in [0.1, 0.15) is 58.1 Å². The van der Waals surface area contributed by atoms with Crippen LogP contribution in [0.3, 0.4) is 0 Å². The summed E-state index contributed by atoms with van der Waals surface area (Å²) in [4.78, 5) is 17.6. The van der Waals surface area contributed by atoms with Crippen LogP contribution in [0.2, 0.25) is 0 Å². The van der Waals surface area contributed by atoms with Gasteiger partial charge in [0.15, 0.2) is 0 Å². The summed E-state index contributed by atoms with van der Waals surface area (Å²) < 4.78 is 13.0. The van der Waals surface area contributed by atoms with Gasteiger partial charge in [0.25, 0.3) is 0 Å². The molecule has 0 radical (unpaired) electrons. The zero-order valence-electron chi connectivity index (χ0n) is 19.1. The summed E-state index contributed by atoms with van der Waals surface area (Å²) in [5.41, 5.74) is 2.13. The minimum Gasteiger partial charge on any atom is -0.494 e. The first-order valence-electron chi connectivity index (χ1n) is 11.2. The number of thioether (sulfide) groups is 1. The van der Waals surface area contributed by atoms with Crippen molar-refractivity contribution in [2.24, 2.45) is 0 Å². The summed E-state index contributed by atoms with van der Waals surface area (Å²) in [5, 5.41) is 8.64. The lowest BCUT2D eigenvalue weighted by molar-refractivity contribution is -0.138. The number of benzene rings is 1. The molecule has 0 spiro atoms. The van der Waals surface area contributed by atoms with Crippen LogP contribution in [0, 0.1) is 0 Å². The van der Waals surface area contributed by atoms with Gasteiger partial charge >= 0.3 is 5.97 Å². The molecule has 32 heavy (non-hydrogen) atoms. The third kappa shape index (κ3) is 5.73. The zero-order valence-corrected chi connectivity index (χ0v) is 19.9. The van der Waals surface area contributed by atoms with E-state index in [1.165, 1.54) is 0 Å². The first-order valence-corrected chi connectivity index (χ1v) is 12.2. The maximum absolute atomic E-state index is 13.0. The number of carbonyl (C=O) groups is 1. The van der Waals surface area contributed by atoms with Gasteiger partial charge in [-0.2, -0.15) is 4.98 Å². The average molecular weight is 457 g/mol. The van der Waals surface area contributed by atoms with Crippen LogP contribution in [0.5, 0.6) is 5.75 Å². The van der Waals surface area contributed by atoms with E-state index >= 15 is 0 Å². The van der Waals surface area contributed by atoms with E-state index in [2.05, 4.69) is 30.7 Å². The van der Waals surface area contributed by atoms with Gasteiger partial charge in [0.05, 0.1) is 12.2 Å². The summed E-state index contributed by atoms with van der Waals surface area (Å²) in [6.07, 6.45) is 5.87. The fourth-order valence-corrected chi connectivity index (χ4v) is 4.28. The van der Waals surface area contributed by atoms with Gasteiger partial charge in [0.1, 0.15) is 18.4 Å². The van der Waals surface area contributed by atoms with Gasteiger partial charge in [-0.15, -0.1) is 5.10 Å². The fourth-order valence-electron chi connectivity index (χ4n) is 3.37. The van der Waals surface area contributed by atoms with E-state index in [-0.39, 0.29) is 6.61 Å². The summed E-state index contributed by atoms with van der Waals surface area (Å²) in [7, 11) is 0. The van der Waals surface area contributed by atoms with Crippen molar-refractivity contribution in [2.45, 2.75) is 57.7 Å². The Morgan fingerprint density at radius 1 is 1.25 bits per heavy atom. The van der Waals surface area contributed by atoms with E-state index in [1.807, 2.05) is 31.2 Å². The molecule has 0 saturated heterocycles. The van der Waals surface area contributed by atoms with Crippen LogP contribution in [-0.2, 0) is 9.53 Å². The predicted molar refractivity (Wildman–Crippen MR) is 128 cm³/mol. The van der Waals surface area contributed by atoms with E-state index in [1.54, 1.807) is 22.5 Å². The Morgan fingerprint density at radius 2 is 2.00 bits per heavy atom. The van der Waals surface area contributed by atoms with Crippen molar-refractivity contribution in [3.8, 4) is 5.75 Å².